The lowest BCUT2D eigenvalue weighted by Crippen LogP contribution is -2.17. The molecule has 3 heterocycles. The Morgan fingerprint density at radius 1 is 1.25 bits per heavy atom. The summed E-state index contributed by atoms with van der Waals surface area (Å²) in [5, 5.41) is 23.9. The Morgan fingerprint density at radius 2 is 2.07 bits per heavy atom. The van der Waals surface area contributed by atoms with E-state index in [9.17, 15) is 10.1 Å². The van der Waals surface area contributed by atoms with Crippen molar-refractivity contribution < 1.29 is 9.32 Å². The Labute approximate surface area is 160 Å². The van der Waals surface area contributed by atoms with Crippen molar-refractivity contribution in [2.75, 3.05) is 5.32 Å². The monoisotopic (exact) mass is 372 g/mol. The first-order chi connectivity index (χ1) is 13.5. The lowest BCUT2D eigenvalue weighted by atomic mass is 10.0. The average molecular weight is 372 g/mol. The summed E-state index contributed by atoms with van der Waals surface area (Å²) < 4.78 is 4.89. The number of nitrogens with one attached hydrogen (secondary N) is 2. The van der Waals surface area contributed by atoms with Gasteiger partial charge in [-0.2, -0.15) is 10.4 Å². The predicted molar refractivity (Wildman–Crippen MR) is 103 cm³/mol. The number of aromatic amines is 1. The van der Waals surface area contributed by atoms with E-state index in [1.165, 1.54) is 6.26 Å². The van der Waals surface area contributed by atoms with Gasteiger partial charge in [0.15, 0.2) is 0 Å². The van der Waals surface area contributed by atoms with Gasteiger partial charge in [0, 0.05) is 11.1 Å². The first kappa shape index (κ1) is 17.4. The van der Waals surface area contributed by atoms with Gasteiger partial charge in [0.05, 0.1) is 28.5 Å². The van der Waals surface area contributed by atoms with Crippen LogP contribution in [0.4, 0.5) is 5.69 Å². The second-order valence-electron chi connectivity index (χ2n) is 6.48. The number of H-pyrrole nitrogens is 1. The number of carbonyl (C=O) groups is 1. The summed E-state index contributed by atoms with van der Waals surface area (Å²) in [7, 11) is 0. The van der Waals surface area contributed by atoms with Crippen LogP contribution in [-0.2, 0) is 0 Å². The first-order valence-electron chi connectivity index (χ1n) is 8.56. The van der Waals surface area contributed by atoms with Crippen LogP contribution >= 0.6 is 0 Å². The maximum Gasteiger partial charge on any atom is 0.274 e. The van der Waals surface area contributed by atoms with E-state index in [1.807, 2.05) is 19.1 Å². The van der Waals surface area contributed by atoms with Crippen molar-refractivity contribution in [2.45, 2.75) is 20.8 Å². The van der Waals surface area contributed by atoms with Crippen molar-refractivity contribution in [3.05, 3.63) is 58.7 Å². The SMILES string of the molecule is Cc1nc(C(=O)Nc2ccc3[nH]nc(-c4cnoc4)c3c2)c(C)c(C)c1C#N. The van der Waals surface area contributed by atoms with Crippen LogP contribution in [0.15, 0.2) is 35.2 Å². The maximum absolute atomic E-state index is 12.8. The van der Waals surface area contributed by atoms with E-state index in [0.717, 1.165) is 22.0 Å². The van der Waals surface area contributed by atoms with Crippen LogP contribution in [0.3, 0.4) is 0 Å². The number of hydrogen-bond donors (Lipinski definition) is 2. The van der Waals surface area contributed by atoms with Crippen LogP contribution in [0.2, 0.25) is 0 Å². The van der Waals surface area contributed by atoms with Gasteiger partial charge in [0.1, 0.15) is 23.7 Å². The molecule has 0 atom stereocenters. The molecular formula is C20H16N6O2. The molecular weight excluding hydrogens is 356 g/mol. The van der Waals surface area contributed by atoms with Gasteiger partial charge in [0.2, 0.25) is 0 Å². The van der Waals surface area contributed by atoms with Gasteiger partial charge >= 0.3 is 0 Å². The van der Waals surface area contributed by atoms with E-state index >= 15 is 0 Å². The number of amides is 1. The van der Waals surface area contributed by atoms with E-state index in [-0.39, 0.29) is 5.91 Å². The Balaban J connectivity index is 1.70. The third-order valence-electron chi connectivity index (χ3n) is 4.79. The zero-order valence-corrected chi connectivity index (χ0v) is 15.5. The highest BCUT2D eigenvalue weighted by Gasteiger charge is 2.18. The van der Waals surface area contributed by atoms with Crippen LogP contribution in [0, 0.1) is 32.1 Å². The minimum absolute atomic E-state index is 0.306. The third kappa shape index (κ3) is 2.79. The molecule has 1 aromatic carbocycles. The summed E-state index contributed by atoms with van der Waals surface area (Å²) in [5.41, 5.74) is 5.67. The first-order valence-corrected chi connectivity index (χ1v) is 8.56. The molecule has 2 N–H and O–H groups in total. The molecule has 0 radical (unpaired) electrons. The van der Waals surface area contributed by atoms with Crippen LogP contribution in [-0.4, -0.2) is 26.2 Å². The number of nitrogens with zero attached hydrogens (tertiary/aromatic N) is 4. The molecule has 8 nitrogen and oxygen atoms in total. The number of hydrogen-bond acceptors (Lipinski definition) is 6. The zero-order chi connectivity index (χ0) is 19.8. The molecule has 0 fully saturated rings. The number of nitriles is 1. The fraction of sp³-hybridized carbons (Fsp3) is 0.150. The largest absolute Gasteiger partial charge is 0.364 e. The van der Waals surface area contributed by atoms with E-state index in [2.05, 4.69) is 31.7 Å². The van der Waals surface area contributed by atoms with Crippen molar-refractivity contribution in [2.24, 2.45) is 0 Å². The smallest absolute Gasteiger partial charge is 0.274 e. The molecule has 28 heavy (non-hydrogen) atoms. The van der Waals surface area contributed by atoms with Gasteiger partial charge in [-0.05, 0) is 50.1 Å². The lowest BCUT2D eigenvalue weighted by molar-refractivity contribution is 0.102. The highest BCUT2D eigenvalue weighted by Crippen LogP contribution is 2.28. The number of anilines is 1. The van der Waals surface area contributed by atoms with Crippen molar-refractivity contribution in [1.29, 1.82) is 5.26 Å². The zero-order valence-electron chi connectivity index (χ0n) is 15.5. The molecule has 0 aliphatic heterocycles. The third-order valence-corrected chi connectivity index (χ3v) is 4.79. The van der Waals surface area contributed by atoms with Crippen LogP contribution < -0.4 is 5.32 Å². The van der Waals surface area contributed by atoms with Gasteiger partial charge in [-0.15, -0.1) is 0 Å². The Kier molecular flexibility index (Phi) is 4.12. The molecule has 0 aliphatic carbocycles. The molecule has 4 aromatic rings. The number of benzene rings is 1. The highest BCUT2D eigenvalue weighted by molar-refractivity contribution is 6.05. The second-order valence-corrected chi connectivity index (χ2v) is 6.48. The van der Waals surface area contributed by atoms with Crippen LogP contribution in [0.5, 0.6) is 0 Å². The van der Waals surface area contributed by atoms with Gasteiger partial charge in [-0.1, -0.05) is 5.16 Å². The molecule has 3 aromatic heterocycles. The molecule has 0 aliphatic rings. The minimum atomic E-state index is -0.331. The Hall–Kier alpha value is -3.99. The molecule has 4 rings (SSSR count). The van der Waals surface area contributed by atoms with Gasteiger partial charge in [-0.3, -0.25) is 9.89 Å². The van der Waals surface area contributed by atoms with Crippen molar-refractivity contribution in [3.8, 4) is 17.3 Å². The maximum atomic E-state index is 12.8. The molecule has 0 spiro atoms. The van der Waals surface area contributed by atoms with E-state index in [4.69, 9.17) is 4.52 Å². The number of pyridine rings is 1. The van der Waals surface area contributed by atoms with Crippen molar-refractivity contribution >= 4 is 22.5 Å². The van der Waals surface area contributed by atoms with Gasteiger partial charge in [-0.25, -0.2) is 4.98 Å². The fourth-order valence-corrected chi connectivity index (χ4v) is 3.15. The number of aromatic nitrogens is 4. The van der Waals surface area contributed by atoms with Crippen molar-refractivity contribution in [1.82, 2.24) is 20.3 Å². The van der Waals surface area contributed by atoms with Crippen LogP contribution in [0.25, 0.3) is 22.2 Å². The minimum Gasteiger partial charge on any atom is -0.364 e. The second kappa shape index (κ2) is 6.63. The van der Waals surface area contributed by atoms with E-state index in [1.54, 1.807) is 26.1 Å². The average Bonchev–Trinajstić information content (AvgIpc) is 3.34. The van der Waals surface area contributed by atoms with Crippen molar-refractivity contribution in [3.63, 3.8) is 0 Å². The highest BCUT2D eigenvalue weighted by atomic mass is 16.5. The quantitative estimate of drug-likeness (QED) is 0.566. The van der Waals surface area contributed by atoms with E-state index < -0.39 is 0 Å². The predicted octanol–water partition coefficient (Wildman–Crippen LogP) is 3.66. The standard InChI is InChI=1S/C20H16N6O2/c1-10-11(2)18(23-12(3)16(10)7-21)20(27)24-14-4-5-17-15(6-14)19(26-25-17)13-8-22-28-9-13/h4-6,8-9H,1-3H3,(H,24,27)(H,25,26). The number of fused-ring (bicyclic) bond motifs is 1. The van der Waals surface area contributed by atoms with Gasteiger partial charge < -0.3 is 9.84 Å². The summed E-state index contributed by atoms with van der Waals surface area (Å²) in [6.07, 6.45) is 3.09. The Morgan fingerprint density at radius 3 is 2.79 bits per heavy atom. The molecule has 0 saturated heterocycles. The summed E-state index contributed by atoms with van der Waals surface area (Å²) in [4.78, 5) is 17.2. The molecule has 0 saturated carbocycles. The Bertz CT molecular complexity index is 1250. The number of carbonyl (C=O) groups excluding carboxylic acids is 1. The summed E-state index contributed by atoms with van der Waals surface area (Å²) in [5.74, 6) is -0.331. The summed E-state index contributed by atoms with van der Waals surface area (Å²) in [6.45, 7) is 5.34. The topological polar surface area (TPSA) is 120 Å². The summed E-state index contributed by atoms with van der Waals surface area (Å²) in [6, 6.07) is 7.59. The van der Waals surface area contributed by atoms with Gasteiger partial charge in [0.25, 0.3) is 5.91 Å². The molecule has 138 valence electrons. The molecule has 0 bridgehead atoms. The summed E-state index contributed by atoms with van der Waals surface area (Å²) >= 11 is 0. The number of rotatable bonds is 3. The number of aryl methyl sites for hydroxylation is 1. The normalized spacial score (nSPS) is 10.8. The lowest BCUT2D eigenvalue weighted by Gasteiger charge is -2.12. The van der Waals surface area contributed by atoms with E-state index in [0.29, 0.717) is 33.9 Å². The molecule has 1 amide bonds. The molecule has 0 unspecified atom stereocenters. The fourth-order valence-electron chi connectivity index (χ4n) is 3.15. The molecule has 8 heteroatoms. The van der Waals surface area contributed by atoms with Crippen LogP contribution in [0.1, 0.15) is 32.9 Å².